The molecule has 1 aromatic heterocycles. The number of Topliss-reactive ketones (excluding diaryl/α,β-unsaturated/α-hetero) is 2. The average Bonchev–Trinajstić information content (AvgIpc) is 2.88. The summed E-state index contributed by atoms with van der Waals surface area (Å²) in [6.07, 6.45) is 1.67. The molecule has 3 rings (SSSR count). The van der Waals surface area contributed by atoms with Crippen molar-refractivity contribution in [2.45, 2.75) is 0 Å². The highest BCUT2D eigenvalue weighted by atomic mass is 79.9. The van der Waals surface area contributed by atoms with Crippen LogP contribution in [-0.2, 0) is 0 Å². The van der Waals surface area contributed by atoms with Crippen LogP contribution in [0.5, 0.6) is 0 Å². The summed E-state index contributed by atoms with van der Waals surface area (Å²) >= 11 is 4.85. The van der Waals surface area contributed by atoms with Gasteiger partial charge in [0.25, 0.3) is 0 Å². The smallest absolute Gasteiger partial charge is 0.197 e. The highest BCUT2D eigenvalue weighted by molar-refractivity contribution is 9.11. The summed E-state index contributed by atoms with van der Waals surface area (Å²) in [5.41, 5.74) is 1.26. The number of carbonyl (C=O) groups excluding carboxylic acids is 2. The SMILES string of the molecule is O=C1C(=Cc2ccc(Br)s2)C(=O)c2ccccc21. The van der Waals surface area contributed by atoms with Gasteiger partial charge >= 0.3 is 0 Å². The Morgan fingerprint density at radius 3 is 2.06 bits per heavy atom. The van der Waals surface area contributed by atoms with Gasteiger partial charge in [-0.25, -0.2) is 0 Å². The number of hydrogen-bond donors (Lipinski definition) is 0. The van der Waals surface area contributed by atoms with Gasteiger partial charge in [-0.1, -0.05) is 24.3 Å². The molecule has 2 aromatic rings. The number of thiophene rings is 1. The van der Waals surface area contributed by atoms with Crippen molar-refractivity contribution >= 4 is 44.9 Å². The molecule has 0 spiro atoms. The lowest BCUT2D eigenvalue weighted by molar-refractivity contribution is 0.0990. The fourth-order valence-electron chi connectivity index (χ4n) is 1.95. The summed E-state index contributed by atoms with van der Waals surface area (Å²) in [4.78, 5) is 25.1. The average molecular weight is 319 g/mol. The van der Waals surface area contributed by atoms with E-state index in [0.717, 1.165) is 8.66 Å². The van der Waals surface area contributed by atoms with E-state index in [2.05, 4.69) is 15.9 Å². The van der Waals surface area contributed by atoms with Crippen LogP contribution in [0.3, 0.4) is 0 Å². The number of fused-ring (bicyclic) bond motifs is 1. The number of halogens is 1. The van der Waals surface area contributed by atoms with Crippen LogP contribution in [0.1, 0.15) is 25.6 Å². The van der Waals surface area contributed by atoms with E-state index in [0.29, 0.717) is 11.1 Å². The summed E-state index contributed by atoms with van der Waals surface area (Å²) in [6.45, 7) is 0. The van der Waals surface area contributed by atoms with Gasteiger partial charge in [0.05, 0.1) is 9.36 Å². The van der Waals surface area contributed by atoms with Crippen LogP contribution in [0.25, 0.3) is 6.08 Å². The molecule has 1 aromatic carbocycles. The lowest BCUT2D eigenvalue weighted by Gasteiger charge is -1.91. The van der Waals surface area contributed by atoms with Crippen molar-refractivity contribution in [3.05, 3.63) is 61.8 Å². The van der Waals surface area contributed by atoms with E-state index in [1.54, 1.807) is 30.3 Å². The minimum Gasteiger partial charge on any atom is -0.288 e. The van der Waals surface area contributed by atoms with Crippen molar-refractivity contribution in [1.82, 2.24) is 0 Å². The predicted octanol–water partition coefficient (Wildman–Crippen LogP) is 3.97. The van der Waals surface area contributed by atoms with E-state index in [1.165, 1.54) is 11.3 Å². The van der Waals surface area contributed by atoms with Crippen molar-refractivity contribution in [1.29, 1.82) is 0 Å². The van der Waals surface area contributed by atoms with E-state index in [-0.39, 0.29) is 17.1 Å². The van der Waals surface area contributed by atoms with E-state index >= 15 is 0 Å². The molecule has 0 aliphatic heterocycles. The zero-order chi connectivity index (χ0) is 12.7. The summed E-state index contributed by atoms with van der Waals surface area (Å²) in [5, 5.41) is 0. The first kappa shape index (κ1) is 11.6. The van der Waals surface area contributed by atoms with E-state index in [1.807, 2.05) is 12.1 Å². The Labute approximate surface area is 116 Å². The normalized spacial score (nSPS) is 13.9. The highest BCUT2D eigenvalue weighted by Crippen LogP contribution is 2.30. The molecule has 0 amide bonds. The monoisotopic (exact) mass is 318 g/mol. The molecule has 1 heterocycles. The zero-order valence-electron chi connectivity index (χ0n) is 9.14. The molecule has 1 aliphatic carbocycles. The van der Waals surface area contributed by atoms with Gasteiger partial charge in [0.1, 0.15) is 0 Å². The van der Waals surface area contributed by atoms with Crippen LogP contribution in [0.15, 0.2) is 45.8 Å². The Balaban J connectivity index is 2.10. The quantitative estimate of drug-likeness (QED) is 0.589. The lowest BCUT2D eigenvalue weighted by Crippen LogP contribution is -1.99. The van der Waals surface area contributed by atoms with Crippen LogP contribution in [0.2, 0.25) is 0 Å². The zero-order valence-corrected chi connectivity index (χ0v) is 11.5. The molecule has 0 radical (unpaired) electrons. The minimum absolute atomic E-state index is 0.180. The van der Waals surface area contributed by atoms with E-state index in [9.17, 15) is 9.59 Å². The Bertz CT molecular complexity index is 660. The van der Waals surface area contributed by atoms with Gasteiger partial charge in [-0.3, -0.25) is 9.59 Å². The van der Waals surface area contributed by atoms with Crippen LogP contribution in [0, 0.1) is 0 Å². The first-order valence-corrected chi connectivity index (χ1v) is 6.93. The van der Waals surface area contributed by atoms with Gasteiger partial charge in [-0.15, -0.1) is 11.3 Å². The van der Waals surface area contributed by atoms with Gasteiger partial charge in [0, 0.05) is 16.0 Å². The number of hydrogen-bond acceptors (Lipinski definition) is 3. The summed E-state index contributed by atoms with van der Waals surface area (Å²) in [5.74, 6) is -0.361. The Hall–Kier alpha value is -1.52. The molecule has 4 heteroatoms. The second kappa shape index (κ2) is 4.30. The fraction of sp³-hybridized carbons (Fsp3) is 0. The standard InChI is InChI=1S/C14H7BrO2S/c15-12-6-5-8(18-12)7-11-13(16)9-3-1-2-4-10(9)14(11)17/h1-7H. The molecule has 0 saturated heterocycles. The summed E-state index contributed by atoms with van der Waals surface area (Å²) in [7, 11) is 0. The predicted molar refractivity (Wildman–Crippen MR) is 75.1 cm³/mol. The van der Waals surface area contributed by atoms with Crippen LogP contribution >= 0.6 is 27.3 Å². The molecule has 0 bridgehead atoms. The third kappa shape index (κ3) is 1.78. The minimum atomic E-state index is -0.180. The first-order valence-electron chi connectivity index (χ1n) is 5.32. The Morgan fingerprint density at radius 2 is 1.56 bits per heavy atom. The van der Waals surface area contributed by atoms with Crippen molar-refractivity contribution in [3.8, 4) is 0 Å². The van der Waals surface area contributed by atoms with Crippen molar-refractivity contribution in [2.24, 2.45) is 0 Å². The molecule has 88 valence electrons. The lowest BCUT2D eigenvalue weighted by atomic mass is 10.1. The van der Waals surface area contributed by atoms with Gasteiger partial charge in [-0.05, 0) is 34.1 Å². The van der Waals surface area contributed by atoms with E-state index < -0.39 is 0 Å². The number of benzene rings is 1. The highest BCUT2D eigenvalue weighted by Gasteiger charge is 2.32. The summed E-state index contributed by atoms with van der Waals surface area (Å²) in [6, 6.07) is 10.7. The van der Waals surface area contributed by atoms with Crippen LogP contribution in [0.4, 0.5) is 0 Å². The molecular weight excluding hydrogens is 312 g/mol. The van der Waals surface area contributed by atoms with Crippen LogP contribution < -0.4 is 0 Å². The third-order valence-corrected chi connectivity index (χ3v) is 4.36. The fourth-order valence-corrected chi connectivity index (χ4v) is 3.32. The maximum Gasteiger partial charge on any atom is 0.197 e. The van der Waals surface area contributed by atoms with Crippen molar-refractivity contribution < 1.29 is 9.59 Å². The Morgan fingerprint density at radius 1 is 0.944 bits per heavy atom. The van der Waals surface area contributed by atoms with Gasteiger partial charge < -0.3 is 0 Å². The molecule has 0 N–H and O–H groups in total. The molecule has 2 nitrogen and oxygen atoms in total. The third-order valence-electron chi connectivity index (χ3n) is 2.79. The molecule has 1 aliphatic rings. The number of allylic oxidation sites excluding steroid dienone is 1. The number of ketones is 2. The molecule has 0 unspecified atom stereocenters. The second-order valence-corrected chi connectivity index (χ2v) is 6.40. The van der Waals surface area contributed by atoms with E-state index in [4.69, 9.17) is 0 Å². The molecular formula is C14H7BrO2S. The van der Waals surface area contributed by atoms with Gasteiger partial charge in [-0.2, -0.15) is 0 Å². The first-order chi connectivity index (χ1) is 8.66. The molecule has 0 atom stereocenters. The number of rotatable bonds is 1. The molecule has 0 saturated carbocycles. The van der Waals surface area contributed by atoms with Crippen molar-refractivity contribution in [2.75, 3.05) is 0 Å². The topological polar surface area (TPSA) is 34.1 Å². The van der Waals surface area contributed by atoms with Gasteiger partial charge in [0.2, 0.25) is 0 Å². The number of carbonyl (C=O) groups is 2. The molecule has 0 fully saturated rings. The second-order valence-electron chi connectivity index (χ2n) is 3.90. The summed E-state index contributed by atoms with van der Waals surface area (Å²) < 4.78 is 0.977. The van der Waals surface area contributed by atoms with Gasteiger partial charge in [0.15, 0.2) is 11.6 Å². The van der Waals surface area contributed by atoms with Crippen LogP contribution in [-0.4, -0.2) is 11.6 Å². The maximum atomic E-state index is 12.1. The van der Waals surface area contributed by atoms with Crippen molar-refractivity contribution in [3.63, 3.8) is 0 Å². The maximum absolute atomic E-state index is 12.1. The largest absolute Gasteiger partial charge is 0.288 e. The molecule has 18 heavy (non-hydrogen) atoms. The Kier molecular flexibility index (Phi) is 2.76.